The van der Waals surface area contributed by atoms with Gasteiger partial charge in [-0.25, -0.2) is 4.98 Å². The second-order valence-electron chi connectivity index (χ2n) is 4.77. The highest BCUT2D eigenvalue weighted by atomic mass is 16.1. The summed E-state index contributed by atoms with van der Waals surface area (Å²) in [6, 6.07) is 1.60. The number of nitrogens with one attached hydrogen (secondary N) is 2. The van der Waals surface area contributed by atoms with Gasteiger partial charge < -0.3 is 15.2 Å². The SMILES string of the molecule is Cc1nc(N2CC3CNCC3C2)cc(=O)[nH]1. The van der Waals surface area contributed by atoms with Crippen LogP contribution in [-0.2, 0) is 0 Å². The maximum absolute atomic E-state index is 11.4. The van der Waals surface area contributed by atoms with Gasteiger partial charge in [0.2, 0.25) is 0 Å². The van der Waals surface area contributed by atoms with E-state index in [4.69, 9.17) is 0 Å². The van der Waals surface area contributed by atoms with Crippen molar-refractivity contribution < 1.29 is 0 Å². The van der Waals surface area contributed by atoms with Crippen molar-refractivity contribution in [2.24, 2.45) is 11.8 Å². The first-order valence-corrected chi connectivity index (χ1v) is 5.76. The van der Waals surface area contributed by atoms with E-state index in [0.29, 0.717) is 5.82 Å². The van der Waals surface area contributed by atoms with Crippen molar-refractivity contribution in [3.63, 3.8) is 0 Å². The van der Waals surface area contributed by atoms with E-state index in [1.165, 1.54) is 0 Å². The normalized spacial score (nSPS) is 28.4. The van der Waals surface area contributed by atoms with E-state index >= 15 is 0 Å². The van der Waals surface area contributed by atoms with Crippen LogP contribution < -0.4 is 15.8 Å². The zero-order valence-electron chi connectivity index (χ0n) is 9.36. The van der Waals surface area contributed by atoms with Gasteiger partial charge in [-0.1, -0.05) is 0 Å². The summed E-state index contributed by atoms with van der Waals surface area (Å²) in [4.78, 5) is 20.7. The smallest absolute Gasteiger partial charge is 0.252 e. The molecule has 3 rings (SSSR count). The third-order valence-electron chi connectivity index (χ3n) is 3.56. The van der Waals surface area contributed by atoms with E-state index in [-0.39, 0.29) is 5.56 Å². The molecule has 0 aliphatic carbocycles. The summed E-state index contributed by atoms with van der Waals surface area (Å²) in [5.74, 6) is 2.97. The Morgan fingerprint density at radius 2 is 2.06 bits per heavy atom. The Labute approximate surface area is 93.9 Å². The molecule has 0 saturated carbocycles. The van der Waals surface area contributed by atoms with Gasteiger partial charge in [0.15, 0.2) is 0 Å². The minimum absolute atomic E-state index is 0.0577. The molecule has 2 aliphatic rings. The molecule has 0 spiro atoms. The van der Waals surface area contributed by atoms with E-state index in [0.717, 1.165) is 43.8 Å². The molecule has 0 bridgehead atoms. The van der Waals surface area contributed by atoms with Gasteiger partial charge in [-0.3, -0.25) is 4.79 Å². The molecule has 2 aliphatic heterocycles. The van der Waals surface area contributed by atoms with Gasteiger partial charge in [0, 0.05) is 32.2 Å². The van der Waals surface area contributed by atoms with Crippen molar-refractivity contribution in [2.75, 3.05) is 31.1 Å². The fourth-order valence-corrected chi connectivity index (χ4v) is 2.77. The topological polar surface area (TPSA) is 61.0 Å². The molecule has 0 radical (unpaired) electrons. The standard InChI is InChI=1S/C11H16N4O/c1-7-13-10(2-11(16)14-7)15-5-8-3-12-4-9(8)6-15/h2,8-9,12H,3-6H2,1H3,(H,13,14,16). The van der Waals surface area contributed by atoms with E-state index in [1.54, 1.807) is 6.07 Å². The zero-order chi connectivity index (χ0) is 11.1. The van der Waals surface area contributed by atoms with Crippen LogP contribution in [0.25, 0.3) is 0 Å². The average Bonchev–Trinajstić information content (AvgIpc) is 2.74. The van der Waals surface area contributed by atoms with Gasteiger partial charge in [-0.05, 0) is 18.8 Å². The number of anilines is 1. The maximum atomic E-state index is 11.4. The summed E-state index contributed by atoms with van der Waals surface area (Å²) in [5, 5.41) is 3.40. The van der Waals surface area contributed by atoms with Crippen LogP contribution in [0.3, 0.4) is 0 Å². The van der Waals surface area contributed by atoms with Gasteiger partial charge in [0.05, 0.1) is 0 Å². The molecule has 16 heavy (non-hydrogen) atoms. The highest BCUT2D eigenvalue weighted by molar-refractivity contribution is 5.39. The van der Waals surface area contributed by atoms with Crippen LogP contribution in [0.15, 0.2) is 10.9 Å². The van der Waals surface area contributed by atoms with Crippen LogP contribution in [0.2, 0.25) is 0 Å². The quantitative estimate of drug-likeness (QED) is 0.684. The number of aryl methyl sites for hydroxylation is 1. The van der Waals surface area contributed by atoms with Gasteiger partial charge in [0.25, 0.3) is 5.56 Å². The summed E-state index contributed by atoms with van der Waals surface area (Å²) in [5.41, 5.74) is -0.0577. The van der Waals surface area contributed by atoms with Crippen molar-refractivity contribution in [2.45, 2.75) is 6.92 Å². The molecule has 0 aromatic carbocycles. The Balaban J connectivity index is 1.86. The molecule has 2 saturated heterocycles. The van der Waals surface area contributed by atoms with Crippen LogP contribution in [0.5, 0.6) is 0 Å². The monoisotopic (exact) mass is 220 g/mol. The molecule has 0 amide bonds. The van der Waals surface area contributed by atoms with Gasteiger partial charge in [0.1, 0.15) is 11.6 Å². The molecule has 1 aromatic heterocycles. The van der Waals surface area contributed by atoms with Crippen molar-refractivity contribution in [1.29, 1.82) is 0 Å². The number of hydrogen-bond acceptors (Lipinski definition) is 4. The predicted octanol–water partition coefficient (Wildman–Crippen LogP) is -0.266. The third-order valence-corrected chi connectivity index (χ3v) is 3.56. The molecule has 2 atom stereocenters. The number of hydrogen-bond donors (Lipinski definition) is 2. The van der Waals surface area contributed by atoms with Crippen molar-refractivity contribution in [1.82, 2.24) is 15.3 Å². The number of aromatic nitrogens is 2. The van der Waals surface area contributed by atoms with Crippen LogP contribution >= 0.6 is 0 Å². The van der Waals surface area contributed by atoms with E-state index in [1.807, 2.05) is 6.92 Å². The molecule has 5 nitrogen and oxygen atoms in total. The van der Waals surface area contributed by atoms with Crippen LogP contribution in [0.1, 0.15) is 5.82 Å². The number of rotatable bonds is 1. The van der Waals surface area contributed by atoms with Crippen molar-refractivity contribution in [3.8, 4) is 0 Å². The Morgan fingerprint density at radius 3 is 2.69 bits per heavy atom. The predicted molar refractivity (Wildman–Crippen MR) is 61.7 cm³/mol. The maximum Gasteiger partial charge on any atom is 0.252 e. The second-order valence-corrected chi connectivity index (χ2v) is 4.77. The molecule has 3 heterocycles. The Morgan fingerprint density at radius 1 is 1.38 bits per heavy atom. The summed E-state index contributed by atoms with van der Waals surface area (Å²) in [6.07, 6.45) is 0. The van der Waals surface area contributed by atoms with Crippen molar-refractivity contribution in [3.05, 3.63) is 22.2 Å². The molecule has 86 valence electrons. The lowest BCUT2D eigenvalue weighted by Gasteiger charge is -2.18. The first-order chi connectivity index (χ1) is 7.72. The van der Waals surface area contributed by atoms with Crippen molar-refractivity contribution >= 4 is 5.82 Å². The largest absolute Gasteiger partial charge is 0.356 e. The first kappa shape index (κ1) is 9.84. The number of fused-ring (bicyclic) bond motifs is 1. The molecule has 1 aromatic rings. The highest BCUT2D eigenvalue weighted by Gasteiger charge is 2.36. The number of nitrogens with zero attached hydrogens (tertiary/aromatic N) is 2. The fourth-order valence-electron chi connectivity index (χ4n) is 2.77. The highest BCUT2D eigenvalue weighted by Crippen LogP contribution is 2.28. The van der Waals surface area contributed by atoms with Gasteiger partial charge >= 0.3 is 0 Å². The van der Waals surface area contributed by atoms with E-state index in [9.17, 15) is 4.79 Å². The third kappa shape index (κ3) is 1.61. The molecule has 5 heteroatoms. The van der Waals surface area contributed by atoms with Gasteiger partial charge in [-0.2, -0.15) is 0 Å². The summed E-state index contributed by atoms with van der Waals surface area (Å²) in [6.45, 7) is 6.07. The minimum Gasteiger partial charge on any atom is -0.356 e. The Kier molecular flexibility index (Phi) is 2.21. The van der Waals surface area contributed by atoms with Crippen LogP contribution in [-0.4, -0.2) is 36.1 Å². The fraction of sp³-hybridized carbons (Fsp3) is 0.636. The van der Waals surface area contributed by atoms with Gasteiger partial charge in [-0.15, -0.1) is 0 Å². The summed E-state index contributed by atoms with van der Waals surface area (Å²) >= 11 is 0. The minimum atomic E-state index is -0.0577. The molecular formula is C11H16N4O. The number of H-pyrrole nitrogens is 1. The lowest BCUT2D eigenvalue weighted by atomic mass is 10.0. The Bertz CT molecular complexity index is 444. The Hall–Kier alpha value is -1.36. The number of aromatic amines is 1. The second kappa shape index (κ2) is 3.59. The zero-order valence-corrected chi connectivity index (χ0v) is 9.36. The lowest BCUT2D eigenvalue weighted by molar-refractivity contribution is 0.533. The summed E-state index contributed by atoms with van der Waals surface area (Å²) < 4.78 is 0. The molecular weight excluding hydrogens is 204 g/mol. The molecule has 2 unspecified atom stereocenters. The molecule has 2 fully saturated rings. The molecule has 2 N–H and O–H groups in total. The lowest BCUT2D eigenvalue weighted by Crippen LogP contribution is -2.27. The van der Waals surface area contributed by atoms with Crippen LogP contribution in [0, 0.1) is 18.8 Å². The average molecular weight is 220 g/mol. The summed E-state index contributed by atoms with van der Waals surface area (Å²) in [7, 11) is 0. The van der Waals surface area contributed by atoms with Crippen LogP contribution in [0.4, 0.5) is 5.82 Å². The van der Waals surface area contributed by atoms with E-state index < -0.39 is 0 Å². The van der Waals surface area contributed by atoms with E-state index in [2.05, 4.69) is 20.2 Å². The first-order valence-electron chi connectivity index (χ1n) is 5.76.